The number of aryl methyl sites for hydroxylation is 2. The molecule has 8 nitrogen and oxygen atoms in total. The molecule has 0 N–H and O–H groups in total. The first-order valence-corrected chi connectivity index (χ1v) is 10.6. The van der Waals surface area contributed by atoms with E-state index in [-0.39, 0.29) is 11.6 Å². The van der Waals surface area contributed by atoms with Crippen molar-refractivity contribution in [1.82, 2.24) is 0 Å². The number of nitrogens with zero attached hydrogens (tertiary/aromatic N) is 3. The summed E-state index contributed by atoms with van der Waals surface area (Å²) in [6.45, 7) is 3.89. The van der Waals surface area contributed by atoms with Crippen LogP contribution in [0, 0.1) is 29.9 Å². The quantitative estimate of drug-likeness (QED) is 0.340. The third-order valence-corrected chi connectivity index (χ3v) is 6.12. The summed E-state index contributed by atoms with van der Waals surface area (Å²) in [5.74, 6) is -1.59. The van der Waals surface area contributed by atoms with Crippen molar-refractivity contribution in [3.8, 4) is 0 Å². The maximum atomic E-state index is 13.6. The van der Waals surface area contributed by atoms with Crippen molar-refractivity contribution in [3.63, 3.8) is 0 Å². The van der Waals surface area contributed by atoms with Crippen LogP contribution in [0.4, 0.5) is 17.1 Å². The second-order valence-corrected chi connectivity index (χ2v) is 8.36. The van der Waals surface area contributed by atoms with Gasteiger partial charge in [0.15, 0.2) is 6.10 Å². The Kier molecular flexibility index (Phi) is 4.94. The standard InChI is InChI=1S/C25H21N3O5/c1-15-6-10-17(11-7-15)22-21-23(33-27(22)19-4-3-5-20(14-19)28(31)32)25(30)26(24(21)29)18-12-8-16(2)9-13-18/h3-14,21-23H,1-2H3. The van der Waals surface area contributed by atoms with Crippen molar-refractivity contribution in [2.45, 2.75) is 26.0 Å². The fraction of sp³-hybridized carbons (Fsp3) is 0.200. The van der Waals surface area contributed by atoms with Crippen LogP contribution in [0.2, 0.25) is 0 Å². The first kappa shape index (κ1) is 20.8. The van der Waals surface area contributed by atoms with Gasteiger partial charge >= 0.3 is 0 Å². The lowest BCUT2D eigenvalue weighted by molar-refractivity contribution is -0.384. The molecule has 2 aliphatic heterocycles. The molecule has 2 amide bonds. The number of nitro groups is 1. The van der Waals surface area contributed by atoms with Gasteiger partial charge in [-0.1, -0.05) is 53.6 Å². The van der Waals surface area contributed by atoms with E-state index < -0.39 is 28.9 Å². The van der Waals surface area contributed by atoms with Gasteiger partial charge in [-0.15, -0.1) is 0 Å². The largest absolute Gasteiger partial charge is 0.273 e. The number of fused-ring (bicyclic) bond motifs is 1. The molecule has 0 aliphatic carbocycles. The average Bonchev–Trinajstić information content (AvgIpc) is 3.31. The zero-order valence-corrected chi connectivity index (χ0v) is 18.0. The van der Waals surface area contributed by atoms with Crippen molar-refractivity contribution in [2.24, 2.45) is 5.92 Å². The third kappa shape index (κ3) is 3.44. The van der Waals surface area contributed by atoms with E-state index in [0.29, 0.717) is 11.4 Å². The number of amides is 2. The lowest BCUT2D eigenvalue weighted by Crippen LogP contribution is -2.37. The fourth-order valence-electron chi connectivity index (χ4n) is 4.43. The molecule has 2 saturated heterocycles. The molecule has 0 bridgehead atoms. The number of rotatable bonds is 4. The number of hydrogen-bond acceptors (Lipinski definition) is 6. The monoisotopic (exact) mass is 443 g/mol. The van der Waals surface area contributed by atoms with Crippen LogP contribution in [-0.2, 0) is 14.4 Å². The summed E-state index contributed by atoms with van der Waals surface area (Å²) in [7, 11) is 0. The van der Waals surface area contributed by atoms with Crippen LogP contribution >= 0.6 is 0 Å². The minimum Gasteiger partial charge on any atom is -0.273 e. The number of imide groups is 1. The Hall–Kier alpha value is -4.04. The lowest BCUT2D eigenvalue weighted by Gasteiger charge is -2.28. The predicted octanol–water partition coefficient (Wildman–Crippen LogP) is 4.26. The maximum absolute atomic E-state index is 13.6. The topological polar surface area (TPSA) is 93.0 Å². The number of hydroxylamine groups is 1. The van der Waals surface area contributed by atoms with Gasteiger partial charge in [0.1, 0.15) is 5.92 Å². The van der Waals surface area contributed by atoms with Gasteiger partial charge in [0.25, 0.3) is 11.6 Å². The molecule has 0 aromatic heterocycles. The van der Waals surface area contributed by atoms with Gasteiger partial charge in [-0.05, 0) is 37.6 Å². The number of benzene rings is 3. The number of anilines is 2. The van der Waals surface area contributed by atoms with Crippen LogP contribution in [0.1, 0.15) is 22.7 Å². The first-order chi connectivity index (χ1) is 15.8. The minimum absolute atomic E-state index is 0.102. The van der Waals surface area contributed by atoms with Crippen LogP contribution in [0.5, 0.6) is 0 Å². The molecule has 33 heavy (non-hydrogen) atoms. The van der Waals surface area contributed by atoms with Gasteiger partial charge in [0, 0.05) is 12.1 Å². The summed E-state index contributed by atoms with van der Waals surface area (Å²) in [4.78, 5) is 45.0. The number of hydrogen-bond donors (Lipinski definition) is 0. The van der Waals surface area contributed by atoms with Gasteiger partial charge in [0.2, 0.25) is 5.91 Å². The molecule has 3 unspecified atom stereocenters. The molecule has 8 heteroatoms. The second-order valence-electron chi connectivity index (χ2n) is 8.36. The lowest BCUT2D eigenvalue weighted by atomic mass is 9.90. The number of nitro benzene ring substituents is 1. The highest BCUT2D eigenvalue weighted by molar-refractivity contribution is 6.23. The summed E-state index contributed by atoms with van der Waals surface area (Å²) in [6, 6.07) is 20.2. The van der Waals surface area contributed by atoms with Gasteiger partial charge in [-0.25, -0.2) is 9.96 Å². The number of non-ortho nitro benzene ring substituents is 1. The maximum Gasteiger partial charge on any atom is 0.271 e. The molecule has 5 rings (SSSR count). The summed E-state index contributed by atoms with van der Waals surface area (Å²) in [5, 5.41) is 12.8. The Morgan fingerprint density at radius 1 is 0.848 bits per heavy atom. The highest BCUT2D eigenvalue weighted by atomic mass is 16.7. The van der Waals surface area contributed by atoms with Crippen LogP contribution in [0.15, 0.2) is 72.8 Å². The molecular formula is C25H21N3O5. The molecule has 2 aliphatic rings. The van der Waals surface area contributed by atoms with Gasteiger partial charge in [-0.2, -0.15) is 0 Å². The SMILES string of the molecule is Cc1ccc(C2C3C(=O)N(c4ccc(C)cc4)C(=O)C3ON2c2cccc([N+](=O)[O-])c2)cc1. The van der Waals surface area contributed by atoms with Crippen molar-refractivity contribution in [3.05, 3.63) is 99.6 Å². The fourth-order valence-corrected chi connectivity index (χ4v) is 4.43. The molecule has 3 aromatic carbocycles. The summed E-state index contributed by atoms with van der Waals surface area (Å²) in [6.07, 6.45) is -1.02. The van der Waals surface area contributed by atoms with E-state index in [1.54, 1.807) is 24.3 Å². The Labute approximate surface area is 190 Å². The van der Waals surface area contributed by atoms with E-state index in [1.807, 2.05) is 50.2 Å². The van der Waals surface area contributed by atoms with E-state index in [1.165, 1.54) is 22.1 Å². The summed E-state index contributed by atoms with van der Waals surface area (Å²) < 4.78 is 0. The Morgan fingerprint density at radius 3 is 2.12 bits per heavy atom. The first-order valence-electron chi connectivity index (χ1n) is 10.6. The molecular weight excluding hydrogens is 422 g/mol. The van der Waals surface area contributed by atoms with E-state index in [4.69, 9.17) is 4.84 Å². The van der Waals surface area contributed by atoms with E-state index in [2.05, 4.69) is 0 Å². The zero-order chi connectivity index (χ0) is 23.3. The Balaban J connectivity index is 1.59. The van der Waals surface area contributed by atoms with Crippen LogP contribution in [0.25, 0.3) is 0 Å². The smallest absolute Gasteiger partial charge is 0.271 e. The number of carbonyl (C=O) groups is 2. The molecule has 2 heterocycles. The van der Waals surface area contributed by atoms with E-state index >= 15 is 0 Å². The van der Waals surface area contributed by atoms with Crippen molar-refractivity contribution in [1.29, 1.82) is 0 Å². The van der Waals surface area contributed by atoms with Crippen molar-refractivity contribution < 1.29 is 19.3 Å². The van der Waals surface area contributed by atoms with Crippen molar-refractivity contribution >= 4 is 28.9 Å². The highest BCUT2D eigenvalue weighted by Gasteiger charge is 2.60. The van der Waals surface area contributed by atoms with Gasteiger partial charge in [0.05, 0.1) is 22.3 Å². The van der Waals surface area contributed by atoms with Gasteiger partial charge < -0.3 is 0 Å². The highest BCUT2D eigenvalue weighted by Crippen LogP contribution is 2.48. The Bertz CT molecular complexity index is 1260. The Morgan fingerprint density at radius 2 is 1.48 bits per heavy atom. The molecule has 0 saturated carbocycles. The average molecular weight is 443 g/mol. The zero-order valence-electron chi connectivity index (χ0n) is 18.0. The molecule has 166 valence electrons. The molecule has 3 atom stereocenters. The van der Waals surface area contributed by atoms with Gasteiger partial charge in [-0.3, -0.25) is 24.5 Å². The molecule has 2 fully saturated rings. The number of carbonyl (C=O) groups excluding carboxylic acids is 2. The van der Waals surface area contributed by atoms with Crippen LogP contribution in [0.3, 0.4) is 0 Å². The molecule has 0 spiro atoms. The summed E-state index contributed by atoms with van der Waals surface area (Å²) >= 11 is 0. The minimum atomic E-state index is -1.02. The molecule has 3 aromatic rings. The van der Waals surface area contributed by atoms with Crippen LogP contribution in [-0.4, -0.2) is 22.8 Å². The van der Waals surface area contributed by atoms with Crippen LogP contribution < -0.4 is 9.96 Å². The third-order valence-electron chi connectivity index (χ3n) is 6.12. The normalized spacial score (nSPS) is 22.1. The second kappa shape index (κ2) is 7.83. The van der Waals surface area contributed by atoms with E-state index in [0.717, 1.165) is 16.7 Å². The molecule has 0 radical (unpaired) electrons. The predicted molar refractivity (Wildman–Crippen MR) is 122 cm³/mol. The van der Waals surface area contributed by atoms with E-state index in [9.17, 15) is 19.7 Å². The summed E-state index contributed by atoms with van der Waals surface area (Å²) in [5.41, 5.74) is 3.65. The van der Waals surface area contributed by atoms with Crippen molar-refractivity contribution in [2.75, 3.05) is 9.96 Å².